The van der Waals surface area contributed by atoms with Gasteiger partial charge in [-0.2, -0.15) is 13.2 Å². The van der Waals surface area contributed by atoms with Crippen LogP contribution in [0.2, 0.25) is 0 Å². The molecule has 3 saturated heterocycles. The van der Waals surface area contributed by atoms with E-state index in [0.717, 1.165) is 28.7 Å². The molecule has 3 heterocycles. The number of hydrogen-bond acceptors (Lipinski definition) is 6. The third-order valence-corrected chi connectivity index (χ3v) is 8.81. The quantitative estimate of drug-likeness (QED) is 0.379. The Kier molecular flexibility index (Phi) is 9.20. The van der Waals surface area contributed by atoms with E-state index in [4.69, 9.17) is 14.6 Å². The minimum absolute atomic E-state index is 0.0944. The zero-order valence-electron chi connectivity index (χ0n) is 25.3. The van der Waals surface area contributed by atoms with Gasteiger partial charge in [0.1, 0.15) is 11.3 Å². The first-order valence-electron chi connectivity index (χ1n) is 14.8. The molecule has 2 N–H and O–H groups in total. The van der Waals surface area contributed by atoms with Gasteiger partial charge in [-0.1, -0.05) is 72.3 Å². The Labute approximate surface area is 263 Å². The van der Waals surface area contributed by atoms with Crippen LogP contribution >= 0.6 is 0 Å². The van der Waals surface area contributed by atoms with Crippen LogP contribution in [0.4, 0.5) is 13.2 Å². The summed E-state index contributed by atoms with van der Waals surface area (Å²) in [5.41, 5.74) is 2.84. The molecule has 46 heavy (non-hydrogen) atoms. The molecule has 4 atom stereocenters. The first-order chi connectivity index (χ1) is 21.9. The number of ether oxygens (including phenoxy) is 1. The fraction of sp³-hybridized carbons (Fsp3) is 0.353. The van der Waals surface area contributed by atoms with Gasteiger partial charge in [-0.3, -0.25) is 24.6 Å². The maximum absolute atomic E-state index is 14.3. The first kappa shape index (κ1) is 32.7. The molecule has 242 valence electrons. The number of aryl methyl sites for hydroxylation is 1. The summed E-state index contributed by atoms with van der Waals surface area (Å²) in [6.45, 7) is 3.34. The Morgan fingerprint density at radius 2 is 1.54 bits per heavy atom. The number of aliphatic carboxylic acids is 1. The SMILES string of the molecule is COc1ccc([C@H]2N[C@]3(CCCN(Cc4ccc(C)cc4)C3=O)[C@H]3C(=O)N(Cc4ccccc4)C(=O)[C@@H]23)cc1.O=C(O)C(F)(F)F. The lowest BCUT2D eigenvalue weighted by molar-refractivity contribution is -0.192. The normalized spacial score (nSPS) is 24.1. The number of carbonyl (C=O) groups is 4. The Morgan fingerprint density at radius 3 is 2.13 bits per heavy atom. The van der Waals surface area contributed by atoms with Gasteiger partial charge in [0, 0.05) is 19.1 Å². The second kappa shape index (κ2) is 13.0. The van der Waals surface area contributed by atoms with Crippen LogP contribution in [0.25, 0.3) is 0 Å². The van der Waals surface area contributed by atoms with Gasteiger partial charge in [-0.05, 0) is 48.6 Å². The average molecular weight is 638 g/mol. The smallest absolute Gasteiger partial charge is 0.490 e. The second-order valence-electron chi connectivity index (χ2n) is 11.7. The number of carboxylic acids is 1. The standard InChI is InChI=1S/C32H33N3O4.C2HF3O2/c1-21-9-11-23(12-10-21)19-34-18-6-17-32(31(34)38)27-26(28(33-32)24-13-15-25(39-2)16-14-24)29(36)35(30(27)37)20-22-7-4-3-5-8-22;3-2(4,5)1(6)7/h3-5,7-16,26-28,33H,6,17-20H2,1-2H3;(H,6,7)/t26-,27-,28-,32-;/m1./s1. The van der Waals surface area contributed by atoms with Gasteiger partial charge in [-0.15, -0.1) is 0 Å². The van der Waals surface area contributed by atoms with Crippen molar-refractivity contribution >= 4 is 23.7 Å². The van der Waals surface area contributed by atoms with Crippen LogP contribution < -0.4 is 10.1 Å². The summed E-state index contributed by atoms with van der Waals surface area (Å²) in [5, 5.41) is 10.7. The third kappa shape index (κ3) is 6.34. The van der Waals surface area contributed by atoms with Crippen molar-refractivity contribution in [2.45, 2.75) is 50.6 Å². The van der Waals surface area contributed by atoms with Crippen LogP contribution in [-0.2, 0) is 32.3 Å². The molecule has 1 spiro atoms. The number of nitrogens with one attached hydrogen (secondary N) is 1. The zero-order valence-corrected chi connectivity index (χ0v) is 25.3. The molecule has 9 nitrogen and oxygen atoms in total. The number of likely N-dealkylation sites (tertiary alicyclic amines) is 2. The number of alkyl halides is 3. The summed E-state index contributed by atoms with van der Waals surface area (Å²) in [5.74, 6) is -4.03. The van der Waals surface area contributed by atoms with Crippen molar-refractivity contribution in [2.24, 2.45) is 11.8 Å². The molecule has 0 aromatic heterocycles. The van der Waals surface area contributed by atoms with Crippen molar-refractivity contribution in [2.75, 3.05) is 13.7 Å². The van der Waals surface area contributed by atoms with E-state index in [0.29, 0.717) is 25.3 Å². The summed E-state index contributed by atoms with van der Waals surface area (Å²) in [7, 11) is 1.61. The van der Waals surface area contributed by atoms with E-state index in [1.54, 1.807) is 7.11 Å². The number of methoxy groups -OCH3 is 1. The number of imide groups is 1. The van der Waals surface area contributed by atoms with Crippen molar-refractivity contribution < 1.29 is 42.2 Å². The number of fused-ring (bicyclic) bond motifs is 2. The molecule has 3 amide bonds. The Balaban J connectivity index is 0.000000537. The number of carboxylic acid groups (broad SMARTS) is 1. The summed E-state index contributed by atoms with van der Waals surface area (Å²) >= 11 is 0. The molecule has 0 saturated carbocycles. The van der Waals surface area contributed by atoms with Crippen molar-refractivity contribution in [3.8, 4) is 5.75 Å². The highest BCUT2D eigenvalue weighted by molar-refractivity contribution is 6.10. The third-order valence-electron chi connectivity index (χ3n) is 8.81. The number of halogens is 3. The monoisotopic (exact) mass is 637 g/mol. The van der Waals surface area contributed by atoms with E-state index in [1.807, 2.05) is 90.7 Å². The molecular formula is C34H34F3N3O6. The van der Waals surface area contributed by atoms with Gasteiger partial charge in [0.2, 0.25) is 17.7 Å². The highest BCUT2D eigenvalue weighted by atomic mass is 19.4. The van der Waals surface area contributed by atoms with E-state index < -0.39 is 35.6 Å². The van der Waals surface area contributed by atoms with Gasteiger partial charge < -0.3 is 14.7 Å². The van der Waals surface area contributed by atoms with Crippen LogP contribution in [-0.4, -0.2) is 64.0 Å². The van der Waals surface area contributed by atoms with Crippen LogP contribution in [0.3, 0.4) is 0 Å². The maximum Gasteiger partial charge on any atom is 0.490 e. The molecular weight excluding hydrogens is 603 g/mol. The topological polar surface area (TPSA) is 116 Å². The Hall–Kier alpha value is -4.71. The van der Waals surface area contributed by atoms with Crippen molar-refractivity contribution in [1.29, 1.82) is 0 Å². The number of amides is 3. The zero-order chi connectivity index (χ0) is 33.2. The average Bonchev–Trinajstić information content (AvgIpc) is 3.50. The van der Waals surface area contributed by atoms with E-state index >= 15 is 0 Å². The van der Waals surface area contributed by atoms with Crippen LogP contribution in [0.15, 0.2) is 78.9 Å². The van der Waals surface area contributed by atoms with E-state index in [1.165, 1.54) is 4.90 Å². The van der Waals surface area contributed by atoms with E-state index in [2.05, 4.69) is 5.32 Å². The summed E-state index contributed by atoms with van der Waals surface area (Å²) in [6, 6.07) is 24.8. The van der Waals surface area contributed by atoms with Gasteiger partial charge in [0.15, 0.2) is 0 Å². The maximum atomic E-state index is 14.3. The molecule has 3 aromatic carbocycles. The predicted molar refractivity (Wildman–Crippen MR) is 160 cm³/mol. The molecule has 3 aliphatic rings. The lowest BCUT2D eigenvalue weighted by Gasteiger charge is -2.42. The molecule has 6 rings (SSSR count). The van der Waals surface area contributed by atoms with Crippen molar-refractivity contribution in [1.82, 2.24) is 15.1 Å². The molecule has 12 heteroatoms. The number of benzene rings is 3. The highest BCUT2D eigenvalue weighted by Crippen LogP contribution is 2.52. The first-order valence-corrected chi connectivity index (χ1v) is 14.8. The van der Waals surface area contributed by atoms with Gasteiger partial charge >= 0.3 is 12.1 Å². The van der Waals surface area contributed by atoms with E-state index in [9.17, 15) is 27.6 Å². The Morgan fingerprint density at radius 1 is 0.935 bits per heavy atom. The number of hydrogen-bond donors (Lipinski definition) is 2. The van der Waals surface area contributed by atoms with Crippen LogP contribution in [0.5, 0.6) is 5.75 Å². The lowest BCUT2D eigenvalue weighted by atomic mass is 9.74. The molecule has 3 aromatic rings. The number of rotatable bonds is 6. The molecule has 3 fully saturated rings. The summed E-state index contributed by atoms with van der Waals surface area (Å²) in [6.07, 6.45) is -3.81. The van der Waals surface area contributed by atoms with Crippen LogP contribution in [0.1, 0.15) is 41.1 Å². The fourth-order valence-corrected chi connectivity index (χ4v) is 6.61. The molecule has 3 aliphatic heterocycles. The van der Waals surface area contributed by atoms with Gasteiger partial charge in [-0.25, -0.2) is 4.79 Å². The van der Waals surface area contributed by atoms with E-state index in [-0.39, 0.29) is 24.3 Å². The number of piperidine rings is 1. The van der Waals surface area contributed by atoms with Gasteiger partial charge in [0.25, 0.3) is 0 Å². The Bertz CT molecular complexity index is 1600. The summed E-state index contributed by atoms with van der Waals surface area (Å²) in [4.78, 5) is 54.5. The predicted octanol–water partition coefficient (Wildman–Crippen LogP) is 4.64. The van der Waals surface area contributed by atoms with Crippen LogP contribution in [0, 0.1) is 18.8 Å². The minimum atomic E-state index is -5.08. The molecule has 0 bridgehead atoms. The van der Waals surface area contributed by atoms with Gasteiger partial charge in [0.05, 0.1) is 25.5 Å². The fourth-order valence-electron chi connectivity index (χ4n) is 6.61. The molecule has 0 unspecified atom stereocenters. The highest BCUT2D eigenvalue weighted by Gasteiger charge is 2.69. The molecule has 0 aliphatic carbocycles. The summed E-state index contributed by atoms with van der Waals surface area (Å²) < 4.78 is 37.1. The largest absolute Gasteiger partial charge is 0.497 e. The number of nitrogens with zero attached hydrogens (tertiary/aromatic N) is 2. The minimum Gasteiger partial charge on any atom is -0.497 e. The lowest BCUT2D eigenvalue weighted by Crippen LogP contribution is -2.63. The number of carbonyl (C=O) groups excluding carboxylic acids is 3. The molecule has 0 radical (unpaired) electrons. The van der Waals surface area contributed by atoms with Crippen molar-refractivity contribution in [3.63, 3.8) is 0 Å². The second-order valence-corrected chi connectivity index (χ2v) is 11.7. The van der Waals surface area contributed by atoms with Crippen molar-refractivity contribution in [3.05, 3.63) is 101 Å².